The Bertz CT molecular complexity index is 532. The van der Waals surface area contributed by atoms with E-state index in [-0.39, 0.29) is 11.5 Å². The third kappa shape index (κ3) is 1.40. The summed E-state index contributed by atoms with van der Waals surface area (Å²) in [5.41, 5.74) is -0.158. The molecule has 96 valence electrons. The molecule has 1 unspecified atom stereocenters. The van der Waals surface area contributed by atoms with Gasteiger partial charge < -0.3 is 10.1 Å². The van der Waals surface area contributed by atoms with Gasteiger partial charge in [-0.2, -0.15) is 0 Å². The number of nitrogens with one attached hydrogen (secondary N) is 1. The summed E-state index contributed by atoms with van der Waals surface area (Å²) in [5.74, 6) is -2.47. The number of benzene rings is 1. The van der Waals surface area contributed by atoms with E-state index in [9.17, 15) is 13.6 Å². The first-order valence-corrected chi connectivity index (χ1v) is 5.98. The van der Waals surface area contributed by atoms with Crippen LogP contribution in [-0.2, 0) is 10.3 Å². The van der Waals surface area contributed by atoms with Crippen molar-refractivity contribution >= 4 is 5.97 Å². The van der Waals surface area contributed by atoms with Crippen LogP contribution in [0.15, 0.2) is 12.1 Å². The Hall–Kier alpha value is -1.49. The summed E-state index contributed by atoms with van der Waals surface area (Å²) in [4.78, 5) is 11.8. The molecule has 0 bridgehead atoms. The second-order valence-corrected chi connectivity index (χ2v) is 4.95. The molecule has 1 N–H and O–H groups in total. The van der Waals surface area contributed by atoms with Gasteiger partial charge in [-0.05, 0) is 18.7 Å². The number of hydrogen-bond acceptors (Lipinski definition) is 3. The van der Waals surface area contributed by atoms with E-state index in [0.29, 0.717) is 25.1 Å². The summed E-state index contributed by atoms with van der Waals surface area (Å²) < 4.78 is 32.1. The number of carbonyl (C=O) groups excluding carboxylic acids is 1. The van der Waals surface area contributed by atoms with Crippen molar-refractivity contribution in [1.29, 1.82) is 0 Å². The van der Waals surface area contributed by atoms with Gasteiger partial charge in [-0.3, -0.25) is 0 Å². The Morgan fingerprint density at radius 1 is 1.39 bits per heavy atom. The van der Waals surface area contributed by atoms with E-state index in [1.54, 1.807) is 0 Å². The zero-order valence-corrected chi connectivity index (χ0v) is 9.93. The number of piperidine rings is 1. The van der Waals surface area contributed by atoms with Gasteiger partial charge in [0, 0.05) is 24.4 Å². The van der Waals surface area contributed by atoms with Crippen LogP contribution in [0.25, 0.3) is 0 Å². The van der Waals surface area contributed by atoms with E-state index >= 15 is 0 Å². The van der Waals surface area contributed by atoms with E-state index in [1.165, 1.54) is 0 Å². The second-order valence-electron chi connectivity index (χ2n) is 4.95. The minimum absolute atomic E-state index is 0.0290. The van der Waals surface area contributed by atoms with Gasteiger partial charge in [0.05, 0.1) is 5.56 Å². The lowest BCUT2D eigenvalue weighted by molar-refractivity contribution is -0.0536. The maximum absolute atomic E-state index is 13.4. The average Bonchev–Trinajstić information content (AvgIpc) is 2.59. The molecule has 2 aliphatic rings. The molecule has 18 heavy (non-hydrogen) atoms. The van der Waals surface area contributed by atoms with Crippen LogP contribution in [0.2, 0.25) is 0 Å². The molecule has 1 fully saturated rings. The Balaban J connectivity index is 2.18. The number of hydrogen-bond donors (Lipinski definition) is 1. The van der Waals surface area contributed by atoms with Crippen molar-refractivity contribution in [2.75, 3.05) is 13.1 Å². The smallest absolute Gasteiger partial charge is 0.339 e. The predicted molar refractivity (Wildman–Crippen MR) is 60.1 cm³/mol. The van der Waals surface area contributed by atoms with Crippen LogP contribution in [0.1, 0.15) is 29.3 Å². The van der Waals surface area contributed by atoms with E-state index in [4.69, 9.17) is 4.74 Å². The first kappa shape index (κ1) is 11.6. The number of carbonyl (C=O) groups is 1. The third-order valence-electron chi connectivity index (χ3n) is 3.93. The van der Waals surface area contributed by atoms with Gasteiger partial charge in [0.2, 0.25) is 0 Å². The largest absolute Gasteiger partial charge is 0.450 e. The average molecular weight is 253 g/mol. The number of fused-ring (bicyclic) bond motifs is 2. The standard InChI is InChI=1S/C13H13F2NO2/c1-7-6-16-3-2-13(7)9-5-11(15)10(14)4-8(9)12(17)18-13/h4-5,7,16H,2-3,6H2,1H3/t7?,13-/m1/s1. The second kappa shape index (κ2) is 3.75. The third-order valence-corrected chi connectivity index (χ3v) is 3.93. The molecule has 0 saturated carbocycles. The minimum Gasteiger partial charge on any atom is -0.450 e. The Kier molecular flexibility index (Phi) is 2.41. The van der Waals surface area contributed by atoms with E-state index in [1.807, 2.05) is 6.92 Å². The molecule has 3 nitrogen and oxygen atoms in total. The molecule has 0 aromatic heterocycles. The molecule has 1 aromatic rings. The highest BCUT2D eigenvalue weighted by Crippen LogP contribution is 2.46. The maximum atomic E-state index is 13.4. The van der Waals surface area contributed by atoms with Crippen molar-refractivity contribution in [2.24, 2.45) is 5.92 Å². The summed E-state index contributed by atoms with van der Waals surface area (Å²) in [7, 11) is 0. The Labute approximate surface area is 103 Å². The molecular weight excluding hydrogens is 240 g/mol. The van der Waals surface area contributed by atoms with Gasteiger partial charge in [-0.15, -0.1) is 0 Å². The highest BCUT2D eigenvalue weighted by molar-refractivity contribution is 5.94. The highest BCUT2D eigenvalue weighted by Gasteiger charge is 2.50. The molecule has 2 aliphatic heterocycles. The summed E-state index contributed by atoms with van der Waals surface area (Å²) in [6.07, 6.45) is 0.581. The highest BCUT2D eigenvalue weighted by atomic mass is 19.2. The fourth-order valence-corrected chi connectivity index (χ4v) is 2.90. The summed E-state index contributed by atoms with van der Waals surface area (Å²) in [6.45, 7) is 3.32. The van der Waals surface area contributed by atoms with Crippen molar-refractivity contribution in [3.05, 3.63) is 34.9 Å². The SMILES string of the molecule is CC1CNCC[C@@]12OC(=O)c1cc(F)c(F)cc12. The Morgan fingerprint density at radius 2 is 2.11 bits per heavy atom. The number of esters is 1. The van der Waals surface area contributed by atoms with Crippen molar-refractivity contribution in [3.8, 4) is 0 Å². The van der Waals surface area contributed by atoms with Gasteiger partial charge >= 0.3 is 5.97 Å². The maximum Gasteiger partial charge on any atom is 0.339 e. The van der Waals surface area contributed by atoms with E-state index in [0.717, 1.165) is 12.1 Å². The van der Waals surface area contributed by atoms with Crippen LogP contribution >= 0.6 is 0 Å². The minimum atomic E-state index is -1.01. The van der Waals surface area contributed by atoms with Crippen LogP contribution < -0.4 is 5.32 Å². The fourth-order valence-electron chi connectivity index (χ4n) is 2.90. The van der Waals surface area contributed by atoms with Crippen molar-refractivity contribution in [1.82, 2.24) is 5.32 Å². The molecule has 2 heterocycles. The normalized spacial score (nSPS) is 30.4. The quantitative estimate of drug-likeness (QED) is 0.718. The summed E-state index contributed by atoms with van der Waals surface area (Å²) in [6, 6.07) is 2.05. The Morgan fingerprint density at radius 3 is 2.83 bits per heavy atom. The molecular formula is C13H13F2NO2. The van der Waals surface area contributed by atoms with Gasteiger partial charge in [-0.1, -0.05) is 6.92 Å². The van der Waals surface area contributed by atoms with E-state index in [2.05, 4.69) is 5.32 Å². The van der Waals surface area contributed by atoms with Gasteiger partial charge in [0.1, 0.15) is 5.60 Å². The number of ether oxygens (including phenoxy) is 1. The molecule has 0 amide bonds. The summed E-state index contributed by atoms with van der Waals surface area (Å²) in [5, 5.41) is 3.20. The zero-order chi connectivity index (χ0) is 12.9. The summed E-state index contributed by atoms with van der Waals surface area (Å²) >= 11 is 0. The lowest BCUT2D eigenvalue weighted by Crippen LogP contribution is -2.47. The molecule has 2 atom stereocenters. The molecule has 3 rings (SSSR count). The van der Waals surface area contributed by atoms with Crippen molar-refractivity contribution in [3.63, 3.8) is 0 Å². The van der Waals surface area contributed by atoms with Crippen LogP contribution in [0.5, 0.6) is 0 Å². The lowest BCUT2D eigenvalue weighted by atomic mass is 9.77. The van der Waals surface area contributed by atoms with E-state index < -0.39 is 23.2 Å². The fraction of sp³-hybridized carbons (Fsp3) is 0.462. The molecule has 1 saturated heterocycles. The predicted octanol–water partition coefficient (Wildman–Crippen LogP) is 1.96. The van der Waals surface area contributed by atoms with Crippen LogP contribution in [0, 0.1) is 17.6 Å². The van der Waals surface area contributed by atoms with Gasteiger partial charge in [0.25, 0.3) is 0 Å². The molecule has 1 aromatic carbocycles. The van der Waals surface area contributed by atoms with Gasteiger partial charge in [0.15, 0.2) is 11.6 Å². The van der Waals surface area contributed by atoms with Crippen LogP contribution in [-0.4, -0.2) is 19.1 Å². The topological polar surface area (TPSA) is 38.3 Å². The number of halogens is 2. The van der Waals surface area contributed by atoms with Crippen molar-refractivity contribution < 1.29 is 18.3 Å². The van der Waals surface area contributed by atoms with Crippen molar-refractivity contribution in [2.45, 2.75) is 18.9 Å². The first-order valence-electron chi connectivity index (χ1n) is 5.98. The molecule has 5 heteroatoms. The monoisotopic (exact) mass is 253 g/mol. The number of rotatable bonds is 0. The van der Waals surface area contributed by atoms with Crippen LogP contribution in [0.3, 0.4) is 0 Å². The zero-order valence-electron chi connectivity index (χ0n) is 9.93. The molecule has 0 radical (unpaired) electrons. The van der Waals surface area contributed by atoms with Gasteiger partial charge in [-0.25, -0.2) is 13.6 Å². The molecule has 1 spiro atoms. The molecule has 0 aliphatic carbocycles. The first-order chi connectivity index (χ1) is 8.54. The van der Waals surface area contributed by atoms with Crippen LogP contribution in [0.4, 0.5) is 8.78 Å². The lowest BCUT2D eigenvalue weighted by Gasteiger charge is -2.39.